The minimum atomic E-state index is -0.250. The summed E-state index contributed by atoms with van der Waals surface area (Å²) < 4.78 is 1.72. The molecule has 0 radical (unpaired) electrons. The van der Waals surface area contributed by atoms with E-state index in [0.717, 1.165) is 34.4 Å². The second-order valence-electron chi connectivity index (χ2n) is 7.71. The van der Waals surface area contributed by atoms with Crippen molar-refractivity contribution in [2.24, 2.45) is 7.05 Å². The van der Waals surface area contributed by atoms with E-state index in [1.54, 1.807) is 10.9 Å². The lowest BCUT2D eigenvalue weighted by atomic mass is 9.96. The lowest BCUT2D eigenvalue weighted by molar-refractivity contribution is -0.122. The highest BCUT2D eigenvalue weighted by Crippen LogP contribution is 2.26. The highest BCUT2D eigenvalue weighted by Gasteiger charge is 2.13. The van der Waals surface area contributed by atoms with E-state index in [1.165, 1.54) is 0 Å². The molecule has 0 aliphatic carbocycles. The van der Waals surface area contributed by atoms with Crippen molar-refractivity contribution in [1.29, 1.82) is 0 Å². The minimum absolute atomic E-state index is 0.0263. The molecular weight excluding hydrogens is 408 g/mol. The van der Waals surface area contributed by atoms with Crippen molar-refractivity contribution in [2.75, 3.05) is 14.1 Å². The summed E-state index contributed by atoms with van der Waals surface area (Å²) >= 11 is 0. The number of hydrogen-bond acceptors (Lipinski definition) is 5. The molecule has 1 unspecified atom stereocenters. The normalized spacial score (nSPS) is 11.4. The van der Waals surface area contributed by atoms with Gasteiger partial charge in [-0.15, -0.1) is 0 Å². The molecule has 3 aromatic rings. The van der Waals surface area contributed by atoms with Gasteiger partial charge in [-0.2, -0.15) is 5.10 Å². The molecule has 0 aliphatic rings. The summed E-state index contributed by atoms with van der Waals surface area (Å²) in [5.74, 6) is -0.128. The molecule has 8 heteroatoms. The van der Waals surface area contributed by atoms with E-state index in [-0.39, 0.29) is 25.0 Å². The summed E-state index contributed by atoms with van der Waals surface area (Å²) in [4.78, 5) is 23.0. The first-order chi connectivity index (χ1) is 15.3. The number of aliphatic hydroxyl groups is 1. The third-order valence-electron chi connectivity index (χ3n) is 4.87. The van der Waals surface area contributed by atoms with Crippen LogP contribution in [0.5, 0.6) is 0 Å². The quantitative estimate of drug-likeness (QED) is 0.490. The van der Waals surface area contributed by atoms with Crippen LogP contribution in [0.2, 0.25) is 0 Å². The molecular formula is C24H30N4O4. The molecule has 1 aromatic heterocycles. The van der Waals surface area contributed by atoms with Crippen molar-refractivity contribution in [3.05, 3.63) is 77.1 Å². The van der Waals surface area contributed by atoms with E-state index in [4.69, 9.17) is 9.90 Å². The van der Waals surface area contributed by atoms with E-state index >= 15 is 0 Å². The lowest BCUT2D eigenvalue weighted by Gasteiger charge is -2.15. The number of amides is 1. The minimum Gasteiger partial charge on any atom is -0.483 e. The maximum Gasteiger partial charge on any atom is 0.290 e. The molecule has 170 valence electrons. The SMILES string of the molecule is CC(NC(=O)c1ccc(-c2ccc(CN(C)C)cc2CO)cc1)c1cnn(C)c1.O=CO. The Kier molecular flexibility index (Phi) is 9.12. The van der Waals surface area contributed by atoms with Crippen LogP contribution in [-0.2, 0) is 25.0 Å². The Balaban J connectivity index is 0.00000114. The number of benzene rings is 2. The Morgan fingerprint density at radius 1 is 1.22 bits per heavy atom. The first-order valence-electron chi connectivity index (χ1n) is 10.1. The predicted molar refractivity (Wildman–Crippen MR) is 123 cm³/mol. The zero-order valence-corrected chi connectivity index (χ0v) is 18.8. The third kappa shape index (κ3) is 6.76. The van der Waals surface area contributed by atoms with E-state index in [1.807, 2.05) is 70.7 Å². The smallest absolute Gasteiger partial charge is 0.290 e. The van der Waals surface area contributed by atoms with Crippen molar-refractivity contribution in [2.45, 2.75) is 26.1 Å². The molecule has 3 N–H and O–H groups in total. The predicted octanol–water partition coefficient (Wildman–Crippen LogP) is 2.83. The fraction of sp³-hybridized carbons (Fsp3) is 0.292. The van der Waals surface area contributed by atoms with Crippen molar-refractivity contribution >= 4 is 12.4 Å². The molecule has 0 fully saturated rings. The second kappa shape index (κ2) is 11.8. The second-order valence-corrected chi connectivity index (χ2v) is 7.71. The van der Waals surface area contributed by atoms with E-state index in [9.17, 15) is 9.90 Å². The maximum absolute atomic E-state index is 12.6. The zero-order valence-electron chi connectivity index (χ0n) is 18.8. The van der Waals surface area contributed by atoms with Gasteiger partial charge in [-0.25, -0.2) is 0 Å². The van der Waals surface area contributed by atoms with E-state index in [2.05, 4.69) is 21.4 Å². The molecule has 0 aliphatic heterocycles. The highest BCUT2D eigenvalue weighted by molar-refractivity contribution is 5.95. The molecule has 0 spiro atoms. The summed E-state index contributed by atoms with van der Waals surface area (Å²) in [6.45, 7) is 2.48. The molecule has 0 bridgehead atoms. The van der Waals surface area contributed by atoms with Gasteiger partial charge >= 0.3 is 0 Å². The van der Waals surface area contributed by atoms with Crippen LogP contribution in [0.15, 0.2) is 54.9 Å². The van der Waals surface area contributed by atoms with Gasteiger partial charge < -0.3 is 20.4 Å². The van der Waals surface area contributed by atoms with Crippen molar-refractivity contribution in [3.63, 3.8) is 0 Å². The zero-order chi connectivity index (χ0) is 23.7. The molecule has 0 saturated heterocycles. The first kappa shape index (κ1) is 24.8. The topological polar surface area (TPSA) is 108 Å². The van der Waals surface area contributed by atoms with Crippen LogP contribution in [-0.4, -0.2) is 51.4 Å². The van der Waals surface area contributed by atoms with Crippen LogP contribution in [0.4, 0.5) is 0 Å². The number of carbonyl (C=O) groups is 2. The van der Waals surface area contributed by atoms with Crippen molar-refractivity contribution < 1.29 is 19.8 Å². The summed E-state index contributed by atoms with van der Waals surface area (Å²) in [6, 6.07) is 13.5. The van der Waals surface area contributed by atoms with Crippen LogP contribution in [0.25, 0.3) is 11.1 Å². The van der Waals surface area contributed by atoms with E-state index < -0.39 is 0 Å². The molecule has 2 aromatic carbocycles. The van der Waals surface area contributed by atoms with Gasteiger partial charge in [0, 0.05) is 30.9 Å². The number of carboxylic acid groups (broad SMARTS) is 1. The molecule has 32 heavy (non-hydrogen) atoms. The lowest BCUT2D eigenvalue weighted by Crippen LogP contribution is -2.26. The Morgan fingerprint density at radius 3 is 2.41 bits per heavy atom. The van der Waals surface area contributed by atoms with Crippen LogP contribution < -0.4 is 5.32 Å². The first-order valence-corrected chi connectivity index (χ1v) is 10.1. The largest absolute Gasteiger partial charge is 0.483 e. The van der Waals surface area contributed by atoms with Crippen molar-refractivity contribution in [3.8, 4) is 11.1 Å². The van der Waals surface area contributed by atoms with Gasteiger partial charge in [0.1, 0.15) is 0 Å². The molecule has 1 amide bonds. The van der Waals surface area contributed by atoms with Crippen LogP contribution in [0.3, 0.4) is 0 Å². The fourth-order valence-corrected chi connectivity index (χ4v) is 3.35. The van der Waals surface area contributed by atoms with Gasteiger partial charge in [-0.1, -0.05) is 30.3 Å². The Hall–Kier alpha value is -3.49. The Bertz CT molecular complexity index is 1030. The summed E-state index contributed by atoms with van der Waals surface area (Å²) in [6.07, 6.45) is 3.65. The molecule has 1 atom stereocenters. The van der Waals surface area contributed by atoms with Crippen molar-refractivity contribution in [1.82, 2.24) is 20.0 Å². The standard InChI is InChI=1S/C23H28N4O2.CH2O2/c1-16(21-12-24-27(4)14-21)25-23(29)19-8-6-18(7-9-19)22-10-5-17(13-26(2)3)11-20(22)15-28;2-1-3/h5-12,14,16,28H,13,15H2,1-4H3,(H,25,29);1H,(H,2,3). The highest BCUT2D eigenvalue weighted by atomic mass is 16.3. The number of aromatic nitrogens is 2. The van der Waals surface area contributed by atoms with E-state index in [0.29, 0.717) is 5.56 Å². The molecule has 8 nitrogen and oxygen atoms in total. The number of rotatable bonds is 7. The number of nitrogens with one attached hydrogen (secondary N) is 1. The van der Waals surface area contributed by atoms with Gasteiger partial charge in [-0.05, 0) is 55.4 Å². The fourth-order valence-electron chi connectivity index (χ4n) is 3.35. The van der Waals surface area contributed by atoms with Gasteiger partial charge in [0.15, 0.2) is 0 Å². The summed E-state index contributed by atoms with van der Waals surface area (Å²) in [5, 5.41) is 23.8. The average molecular weight is 439 g/mol. The molecule has 1 heterocycles. The number of aryl methyl sites for hydroxylation is 1. The third-order valence-corrected chi connectivity index (χ3v) is 4.87. The van der Waals surface area contributed by atoms with Gasteiger partial charge in [0.05, 0.1) is 18.8 Å². The van der Waals surface area contributed by atoms with Gasteiger partial charge in [0.2, 0.25) is 0 Å². The van der Waals surface area contributed by atoms with Crippen LogP contribution in [0, 0.1) is 0 Å². The summed E-state index contributed by atoms with van der Waals surface area (Å²) in [7, 11) is 5.89. The maximum atomic E-state index is 12.6. The average Bonchev–Trinajstić information content (AvgIpc) is 3.20. The van der Waals surface area contributed by atoms with Gasteiger partial charge in [-0.3, -0.25) is 14.3 Å². The number of nitrogens with zero attached hydrogens (tertiary/aromatic N) is 3. The van der Waals surface area contributed by atoms with Crippen LogP contribution >= 0.6 is 0 Å². The summed E-state index contributed by atoms with van der Waals surface area (Å²) in [5.41, 5.74) is 5.55. The number of aliphatic hydroxyl groups excluding tert-OH is 1. The number of carbonyl (C=O) groups excluding carboxylic acids is 1. The Labute approximate surface area is 188 Å². The number of hydrogen-bond donors (Lipinski definition) is 3. The van der Waals surface area contributed by atoms with Gasteiger partial charge in [0.25, 0.3) is 12.4 Å². The molecule has 0 saturated carbocycles. The van der Waals surface area contributed by atoms with Crippen LogP contribution in [0.1, 0.15) is 40.0 Å². The molecule has 3 rings (SSSR count). The Morgan fingerprint density at radius 2 is 1.88 bits per heavy atom. The monoisotopic (exact) mass is 438 g/mol.